The van der Waals surface area contributed by atoms with Crippen LogP contribution >= 0.6 is 34.4 Å². The summed E-state index contributed by atoms with van der Waals surface area (Å²) in [6.45, 7) is 0. The molecule has 7 nitrogen and oxygen atoms in total. The highest BCUT2D eigenvalue weighted by Gasteiger charge is 2.21. The van der Waals surface area contributed by atoms with E-state index >= 15 is 0 Å². The Kier molecular flexibility index (Phi) is 7.18. The predicted molar refractivity (Wildman–Crippen MR) is 133 cm³/mol. The lowest BCUT2D eigenvalue weighted by atomic mass is 10.0. The summed E-state index contributed by atoms with van der Waals surface area (Å²) in [5, 5.41) is 26.5. The molecule has 0 bridgehead atoms. The molecule has 168 valence electrons. The van der Waals surface area contributed by atoms with Crippen LogP contribution in [0.4, 0.5) is 15.3 Å². The minimum absolute atomic E-state index is 0.0490. The molecule has 0 aliphatic carbocycles. The van der Waals surface area contributed by atoms with Crippen molar-refractivity contribution in [1.29, 1.82) is 10.5 Å². The fourth-order valence-corrected chi connectivity index (χ4v) is 5.53. The molecule has 1 amide bonds. The summed E-state index contributed by atoms with van der Waals surface area (Å²) in [7, 11) is 0. The Bertz CT molecular complexity index is 1420. The molecule has 0 saturated heterocycles. The van der Waals surface area contributed by atoms with Crippen LogP contribution < -0.4 is 11.1 Å². The number of benzene rings is 1. The first kappa shape index (κ1) is 23.4. The molecule has 0 atom stereocenters. The van der Waals surface area contributed by atoms with Crippen LogP contribution in [0.1, 0.15) is 17.5 Å². The second kappa shape index (κ2) is 10.4. The number of pyridine rings is 1. The number of anilines is 2. The molecule has 0 unspecified atom stereocenters. The number of nitrogens with one attached hydrogen (secondary N) is 1. The summed E-state index contributed by atoms with van der Waals surface area (Å²) in [5.41, 5.74) is 8.30. The number of aromatic nitrogens is 2. The van der Waals surface area contributed by atoms with Crippen molar-refractivity contribution in [2.45, 2.75) is 11.4 Å². The monoisotopic (exact) mass is 506 g/mol. The van der Waals surface area contributed by atoms with Gasteiger partial charge < -0.3 is 11.1 Å². The fraction of sp³-hybridized carbons (Fsp3) is 0.0870. The van der Waals surface area contributed by atoms with E-state index in [0.29, 0.717) is 27.2 Å². The molecule has 1 aromatic carbocycles. The van der Waals surface area contributed by atoms with E-state index in [4.69, 9.17) is 5.73 Å². The van der Waals surface area contributed by atoms with Crippen LogP contribution in [-0.2, 0) is 4.79 Å². The van der Waals surface area contributed by atoms with Gasteiger partial charge in [0.1, 0.15) is 34.4 Å². The van der Waals surface area contributed by atoms with Gasteiger partial charge in [0.2, 0.25) is 5.91 Å². The van der Waals surface area contributed by atoms with E-state index in [1.807, 2.05) is 23.6 Å². The zero-order valence-electron chi connectivity index (χ0n) is 17.4. The van der Waals surface area contributed by atoms with Crippen molar-refractivity contribution in [1.82, 2.24) is 9.97 Å². The number of carbonyl (C=O) groups is 1. The molecule has 3 N–H and O–H groups in total. The van der Waals surface area contributed by atoms with E-state index in [9.17, 15) is 19.7 Å². The molecule has 3 heterocycles. The normalized spacial score (nSPS) is 10.4. The van der Waals surface area contributed by atoms with E-state index in [2.05, 4.69) is 21.4 Å². The van der Waals surface area contributed by atoms with Crippen molar-refractivity contribution in [3.63, 3.8) is 0 Å². The number of nitrogens with two attached hydrogens (primary N) is 1. The van der Waals surface area contributed by atoms with E-state index in [0.717, 1.165) is 10.4 Å². The van der Waals surface area contributed by atoms with Gasteiger partial charge in [-0.05, 0) is 35.7 Å². The summed E-state index contributed by atoms with van der Waals surface area (Å²) >= 11 is 3.90. The minimum atomic E-state index is -0.328. The Morgan fingerprint density at radius 1 is 1.12 bits per heavy atom. The minimum Gasteiger partial charge on any atom is -0.383 e. The molecule has 4 rings (SSSR count). The van der Waals surface area contributed by atoms with Gasteiger partial charge in [-0.1, -0.05) is 6.07 Å². The highest BCUT2D eigenvalue weighted by Crippen LogP contribution is 2.37. The van der Waals surface area contributed by atoms with Gasteiger partial charge in [0.05, 0.1) is 11.3 Å². The van der Waals surface area contributed by atoms with Crippen molar-refractivity contribution >= 4 is 51.3 Å². The van der Waals surface area contributed by atoms with Crippen LogP contribution in [0, 0.1) is 28.5 Å². The lowest BCUT2D eigenvalue weighted by Gasteiger charge is -2.11. The first-order valence-corrected chi connectivity index (χ1v) is 12.6. The summed E-state index contributed by atoms with van der Waals surface area (Å²) in [5.74, 6) is -0.177. The average Bonchev–Trinajstić information content (AvgIpc) is 3.52. The molecule has 0 saturated carbocycles. The molecule has 0 fully saturated rings. The van der Waals surface area contributed by atoms with Crippen LogP contribution in [0.15, 0.2) is 52.2 Å². The average molecular weight is 507 g/mol. The van der Waals surface area contributed by atoms with Crippen LogP contribution in [0.25, 0.3) is 21.7 Å². The standard InChI is InChI=1S/C23H15FN6OS3/c24-14-5-3-13(4-6-14)17-12-34-23(28-17)29-19(31)7-9-33-22-16(11-26)20(18-2-1-8-32-18)15(10-25)21(27)30-22/h1-6,8,12H,7,9H2,(H2,27,30)(H,28,29,31). The number of nitriles is 2. The second-order valence-corrected chi connectivity index (χ2v) is 9.71. The highest BCUT2D eigenvalue weighted by atomic mass is 32.2. The van der Waals surface area contributed by atoms with Gasteiger partial charge in [-0.2, -0.15) is 10.5 Å². The summed E-state index contributed by atoms with van der Waals surface area (Å²) in [6, 6.07) is 13.8. The number of thiazole rings is 1. The zero-order valence-corrected chi connectivity index (χ0v) is 19.9. The number of hydrogen-bond donors (Lipinski definition) is 2. The van der Waals surface area contributed by atoms with Gasteiger partial charge in [0.25, 0.3) is 0 Å². The predicted octanol–water partition coefficient (Wildman–Crippen LogP) is 5.52. The van der Waals surface area contributed by atoms with Crippen molar-refractivity contribution in [3.8, 4) is 33.8 Å². The topological polar surface area (TPSA) is 128 Å². The van der Waals surface area contributed by atoms with Crippen LogP contribution in [0.5, 0.6) is 0 Å². The third-order valence-corrected chi connectivity index (χ3v) is 7.26. The maximum Gasteiger partial charge on any atom is 0.226 e. The lowest BCUT2D eigenvalue weighted by Crippen LogP contribution is -2.12. The molecular formula is C23H15FN6OS3. The van der Waals surface area contributed by atoms with Crippen molar-refractivity contribution in [2.75, 3.05) is 16.8 Å². The van der Waals surface area contributed by atoms with E-state index in [-0.39, 0.29) is 35.1 Å². The smallest absolute Gasteiger partial charge is 0.226 e. The number of nitrogen functional groups attached to an aromatic ring is 1. The number of amides is 1. The third kappa shape index (κ3) is 5.07. The molecule has 4 aromatic rings. The first-order chi connectivity index (χ1) is 16.5. The Morgan fingerprint density at radius 2 is 1.88 bits per heavy atom. The Morgan fingerprint density at radius 3 is 2.56 bits per heavy atom. The van der Waals surface area contributed by atoms with Gasteiger partial charge in [0.15, 0.2) is 5.13 Å². The molecule has 3 aromatic heterocycles. The number of rotatable bonds is 7. The lowest BCUT2D eigenvalue weighted by molar-refractivity contribution is -0.115. The number of carbonyl (C=O) groups excluding carboxylic acids is 1. The van der Waals surface area contributed by atoms with E-state index in [1.54, 1.807) is 17.5 Å². The van der Waals surface area contributed by atoms with Crippen LogP contribution in [-0.4, -0.2) is 21.6 Å². The zero-order chi connectivity index (χ0) is 24.1. The van der Waals surface area contributed by atoms with Gasteiger partial charge in [-0.25, -0.2) is 14.4 Å². The van der Waals surface area contributed by atoms with Crippen LogP contribution in [0.3, 0.4) is 0 Å². The van der Waals surface area contributed by atoms with E-state index in [1.165, 1.54) is 46.6 Å². The Hall–Kier alpha value is -3.77. The first-order valence-electron chi connectivity index (χ1n) is 9.81. The maximum absolute atomic E-state index is 13.1. The third-order valence-electron chi connectivity index (χ3n) is 4.64. The number of nitrogens with zero attached hydrogens (tertiary/aromatic N) is 4. The number of halogens is 1. The number of thiophene rings is 1. The SMILES string of the molecule is N#Cc1c(N)nc(SCCC(=O)Nc2nc(-c3ccc(F)cc3)cs2)c(C#N)c1-c1cccs1. The molecule has 34 heavy (non-hydrogen) atoms. The van der Waals surface area contributed by atoms with Crippen LogP contribution in [0.2, 0.25) is 0 Å². The van der Waals surface area contributed by atoms with Gasteiger partial charge in [-0.15, -0.1) is 34.4 Å². The van der Waals surface area contributed by atoms with Gasteiger partial charge in [-0.3, -0.25) is 4.79 Å². The van der Waals surface area contributed by atoms with Crippen molar-refractivity contribution < 1.29 is 9.18 Å². The number of thioether (sulfide) groups is 1. The highest BCUT2D eigenvalue weighted by molar-refractivity contribution is 7.99. The van der Waals surface area contributed by atoms with Crippen molar-refractivity contribution in [2.24, 2.45) is 0 Å². The fourth-order valence-electron chi connectivity index (χ4n) is 3.08. The van der Waals surface area contributed by atoms with Crippen molar-refractivity contribution in [3.05, 3.63) is 64.1 Å². The largest absolute Gasteiger partial charge is 0.383 e. The molecule has 0 radical (unpaired) electrons. The number of hydrogen-bond acceptors (Lipinski definition) is 9. The summed E-state index contributed by atoms with van der Waals surface area (Å²) in [6.07, 6.45) is 0.150. The maximum atomic E-state index is 13.1. The molecular weight excluding hydrogens is 491 g/mol. The Balaban J connectivity index is 1.43. The van der Waals surface area contributed by atoms with E-state index < -0.39 is 0 Å². The molecule has 0 aliphatic rings. The molecule has 0 aliphatic heterocycles. The molecule has 11 heteroatoms. The van der Waals surface area contributed by atoms with Gasteiger partial charge in [0, 0.05) is 33.6 Å². The summed E-state index contributed by atoms with van der Waals surface area (Å²) < 4.78 is 13.1. The second-order valence-electron chi connectivity index (χ2n) is 6.82. The van der Waals surface area contributed by atoms with Gasteiger partial charge >= 0.3 is 0 Å². The quantitative estimate of drug-likeness (QED) is 0.316. The Labute approximate surface area is 206 Å². The molecule has 0 spiro atoms. The summed E-state index contributed by atoms with van der Waals surface area (Å²) in [4.78, 5) is 21.8.